The van der Waals surface area contributed by atoms with E-state index in [9.17, 15) is 10.1 Å². The summed E-state index contributed by atoms with van der Waals surface area (Å²) >= 11 is 0. The van der Waals surface area contributed by atoms with Crippen LogP contribution in [0.2, 0.25) is 0 Å². The monoisotopic (exact) mass is 324 g/mol. The van der Waals surface area contributed by atoms with E-state index in [0.29, 0.717) is 37.2 Å². The number of hydrogen-bond donors (Lipinski definition) is 0. The smallest absolute Gasteiger partial charge is 0.240 e. The lowest BCUT2D eigenvalue weighted by Crippen LogP contribution is -2.58. The zero-order valence-electron chi connectivity index (χ0n) is 14.6. The molecule has 2 rings (SSSR count). The van der Waals surface area contributed by atoms with Crippen LogP contribution in [0.25, 0.3) is 0 Å². The number of benzene rings is 1. The molecule has 126 valence electrons. The van der Waals surface area contributed by atoms with E-state index in [2.05, 4.69) is 37.8 Å². The van der Waals surface area contributed by atoms with Crippen LogP contribution in [0.1, 0.15) is 31.9 Å². The summed E-state index contributed by atoms with van der Waals surface area (Å²) in [4.78, 5) is 17.0. The lowest BCUT2D eigenvalue weighted by Gasteiger charge is -2.44. The molecule has 1 aliphatic heterocycles. The molecular weight excluding hydrogens is 300 g/mol. The second-order valence-corrected chi connectivity index (χ2v) is 6.47. The molecule has 1 aromatic rings. The molecule has 0 N–H and O–H groups in total. The number of carbonyl (C=O) groups is 1. The fourth-order valence-electron chi connectivity index (χ4n) is 3.52. The van der Waals surface area contributed by atoms with E-state index < -0.39 is 5.92 Å². The molecule has 0 bridgehead atoms. The fraction of sp³-hybridized carbons (Fsp3) is 0.526. The highest BCUT2D eigenvalue weighted by molar-refractivity contribution is 5.81. The van der Waals surface area contributed by atoms with Crippen LogP contribution in [0.5, 0.6) is 0 Å². The highest BCUT2D eigenvalue weighted by Gasteiger charge is 2.33. The molecule has 0 saturated carbocycles. The molecule has 5 heteroatoms. The van der Waals surface area contributed by atoms with Crippen molar-refractivity contribution in [3.8, 4) is 12.1 Å². The first kappa shape index (κ1) is 18.0. The Labute approximate surface area is 144 Å². The van der Waals surface area contributed by atoms with Crippen LogP contribution in [0.15, 0.2) is 24.3 Å². The van der Waals surface area contributed by atoms with Gasteiger partial charge in [-0.15, -0.1) is 0 Å². The molecule has 1 unspecified atom stereocenters. The number of likely N-dealkylation sites (N-methyl/N-ethyl adjacent to an activating group) is 1. The van der Waals surface area contributed by atoms with Crippen LogP contribution in [0.3, 0.4) is 0 Å². The number of hydrogen-bond acceptors (Lipinski definition) is 4. The molecular formula is C19H24N4O. The summed E-state index contributed by atoms with van der Waals surface area (Å²) in [5, 5.41) is 18.3. The molecule has 1 saturated heterocycles. The molecule has 1 amide bonds. The summed E-state index contributed by atoms with van der Waals surface area (Å²) in [6.07, 6.45) is 0.387. The van der Waals surface area contributed by atoms with E-state index in [-0.39, 0.29) is 5.91 Å². The average molecular weight is 324 g/mol. The number of amides is 1. The minimum absolute atomic E-state index is 0.0867. The Hall–Kier alpha value is -2.37. The summed E-state index contributed by atoms with van der Waals surface area (Å²) in [6, 6.07) is 11.9. The van der Waals surface area contributed by atoms with Crippen molar-refractivity contribution >= 4 is 5.91 Å². The minimum Gasteiger partial charge on any atom is -0.338 e. The number of nitrogens with zero attached hydrogens (tertiary/aromatic N) is 4. The molecule has 0 radical (unpaired) electrons. The first-order valence-corrected chi connectivity index (χ1v) is 8.43. The summed E-state index contributed by atoms with van der Waals surface area (Å²) in [5.74, 6) is -0.762. The molecule has 1 heterocycles. The van der Waals surface area contributed by atoms with Crippen molar-refractivity contribution in [1.29, 1.82) is 10.5 Å². The molecule has 0 aliphatic carbocycles. The number of piperazine rings is 1. The van der Waals surface area contributed by atoms with Crippen LogP contribution in [-0.4, -0.2) is 47.4 Å². The van der Waals surface area contributed by atoms with Crippen molar-refractivity contribution in [2.24, 2.45) is 5.92 Å². The van der Waals surface area contributed by atoms with E-state index in [1.807, 2.05) is 17.0 Å². The van der Waals surface area contributed by atoms with Crippen molar-refractivity contribution in [3.05, 3.63) is 35.4 Å². The Morgan fingerprint density at radius 2 is 1.79 bits per heavy atom. The van der Waals surface area contributed by atoms with Gasteiger partial charge in [0.15, 0.2) is 0 Å². The Kier molecular flexibility index (Phi) is 5.95. The Balaban J connectivity index is 2.06. The number of carbonyl (C=O) groups excluding carboxylic acids is 1. The standard InChI is InChI=1S/C19H24N4O/c1-4-23-14(2)12-22(13-15(23)3)19(24)18(11-21)9-16-5-7-17(10-20)8-6-16/h5-8,14-15,18H,4,9,12-13H2,1-3H3/t14-,15+,18?. The first-order valence-electron chi connectivity index (χ1n) is 8.43. The zero-order valence-corrected chi connectivity index (χ0v) is 14.6. The van der Waals surface area contributed by atoms with Gasteiger partial charge in [-0.3, -0.25) is 9.69 Å². The van der Waals surface area contributed by atoms with Crippen molar-refractivity contribution in [2.45, 2.75) is 39.3 Å². The Bertz CT molecular complexity index is 643. The highest BCUT2D eigenvalue weighted by Crippen LogP contribution is 2.19. The lowest BCUT2D eigenvalue weighted by molar-refractivity contribution is -0.138. The third-order valence-corrected chi connectivity index (χ3v) is 4.76. The van der Waals surface area contributed by atoms with Crippen molar-refractivity contribution in [1.82, 2.24) is 9.80 Å². The second-order valence-electron chi connectivity index (χ2n) is 6.47. The summed E-state index contributed by atoms with van der Waals surface area (Å²) in [5.41, 5.74) is 1.49. The lowest BCUT2D eigenvalue weighted by atomic mass is 9.97. The molecule has 0 aromatic heterocycles. The van der Waals surface area contributed by atoms with Gasteiger partial charge < -0.3 is 4.90 Å². The van der Waals surface area contributed by atoms with E-state index in [0.717, 1.165) is 12.1 Å². The van der Waals surface area contributed by atoms with Gasteiger partial charge in [-0.25, -0.2) is 0 Å². The van der Waals surface area contributed by atoms with Crippen LogP contribution in [-0.2, 0) is 11.2 Å². The van der Waals surface area contributed by atoms with Gasteiger partial charge in [0.2, 0.25) is 5.91 Å². The third-order valence-electron chi connectivity index (χ3n) is 4.76. The number of nitriles is 2. The Morgan fingerprint density at radius 1 is 1.21 bits per heavy atom. The maximum atomic E-state index is 12.8. The molecule has 3 atom stereocenters. The molecule has 5 nitrogen and oxygen atoms in total. The average Bonchev–Trinajstić information content (AvgIpc) is 2.59. The minimum atomic E-state index is -0.675. The van der Waals surface area contributed by atoms with E-state index >= 15 is 0 Å². The molecule has 0 spiro atoms. The zero-order chi connectivity index (χ0) is 17.7. The molecule has 1 fully saturated rings. The second kappa shape index (κ2) is 7.95. The summed E-state index contributed by atoms with van der Waals surface area (Å²) < 4.78 is 0. The van der Waals surface area contributed by atoms with Crippen LogP contribution >= 0.6 is 0 Å². The van der Waals surface area contributed by atoms with E-state index in [1.54, 1.807) is 12.1 Å². The van der Waals surface area contributed by atoms with E-state index in [4.69, 9.17) is 5.26 Å². The quantitative estimate of drug-likeness (QED) is 0.851. The first-order chi connectivity index (χ1) is 11.5. The predicted molar refractivity (Wildman–Crippen MR) is 91.8 cm³/mol. The normalized spacial score (nSPS) is 22.5. The maximum absolute atomic E-state index is 12.8. The summed E-state index contributed by atoms with van der Waals surface area (Å²) in [6.45, 7) is 8.69. The van der Waals surface area contributed by atoms with Crippen LogP contribution < -0.4 is 0 Å². The van der Waals surface area contributed by atoms with Crippen molar-refractivity contribution < 1.29 is 4.79 Å². The predicted octanol–water partition coefficient (Wildman–Crippen LogP) is 2.18. The van der Waals surface area contributed by atoms with Gasteiger partial charge in [-0.1, -0.05) is 19.1 Å². The van der Waals surface area contributed by atoms with Gasteiger partial charge in [-0.05, 0) is 44.5 Å². The topological polar surface area (TPSA) is 71.1 Å². The van der Waals surface area contributed by atoms with Gasteiger partial charge in [-0.2, -0.15) is 10.5 Å². The highest BCUT2D eigenvalue weighted by atomic mass is 16.2. The van der Waals surface area contributed by atoms with Crippen molar-refractivity contribution in [2.75, 3.05) is 19.6 Å². The molecule has 1 aliphatic rings. The van der Waals surface area contributed by atoms with Gasteiger partial charge in [0.1, 0.15) is 5.92 Å². The Morgan fingerprint density at radius 3 is 2.25 bits per heavy atom. The van der Waals surface area contributed by atoms with Crippen LogP contribution in [0.4, 0.5) is 0 Å². The van der Waals surface area contributed by atoms with Gasteiger partial charge in [0.25, 0.3) is 0 Å². The number of rotatable bonds is 4. The third kappa shape index (κ3) is 3.93. The largest absolute Gasteiger partial charge is 0.338 e. The van der Waals surface area contributed by atoms with Gasteiger partial charge in [0, 0.05) is 25.2 Å². The molecule has 1 aromatic carbocycles. The fourth-order valence-corrected chi connectivity index (χ4v) is 3.52. The SMILES string of the molecule is CCN1[C@H](C)CN(C(=O)C(C#N)Cc2ccc(C#N)cc2)C[C@@H]1C. The van der Waals surface area contributed by atoms with Gasteiger partial charge in [0.05, 0.1) is 17.7 Å². The maximum Gasteiger partial charge on any atom is 0.240 e. The van der Waals surface area contributed by atoms with Crippen molar-refractivity contribution in [3.63, 3.8) is 0 Å². The molecule has 24 heavy (non-hydrogen) atoms. The van der Waals surface area contributed by atoms with Crippen LogP contribution in [0, 0.1) is 28.6 Å². The summed E-state index contributed by atoms with van der Waals surface area (Å²) in [7, 11) is 0. The van der Waals surface area contributed by atoms with Gasteiger partial charge >= 0.3 is 0 Å². The van der Waals surface area contributed by atoms with E-state index in [1.165, 1.54) is 0 Å².